The minimum absolute atomic E-state index is 0.328. The lowest BCUT2D eigenvalue weighted by Gasteiger charge is -2.16. The second-order valence-corrected chi connectivity index (χ2v) is 5.03. The van der Waals surface area contributed by atoms with Crippen LogP contribution < -0.4 is 0 Å². The number of benzene rings is 1. The molecule has 1 aliphatic rings. The number of hydrogen-bond acceptors (Lipinski definition) is 3. The largest absolute Gasteiger partial charge is 0.386 e. The van der Waals surface area contributed by atoms with Gasteiger partial charge in [0.2, 0.25) is 0 Å². The maximum atomic E-state index is 11.3. The van der Waals surface area contributed by atoms with Crippen molar-refractivity contribution >= 4 is 59.7 Å². The van der Waals surface area contributed by atoms with E-state index in [0.29, 0.717) is 24.5 Å². The molecule has 0 radical (unpaired) electrons. The minimum Gasteiger partial charge on any atom is -0.386 e. The number of rotatable bonds is 0. The Hall–Kier alpha value is -0.200. The van der Waals surface area contributed by atoms with Crippen molar-refractivity contribution in [1.29, 1.82) is 0 Å². The predicted molar refractivity (Wildman–Crippen MR) is 59.3 cm³/mol. The smallest absolute Gasteiger partial charge is 0.348 e. The van der Waals surface area contributed by atoms with Gasteiger partial charge < -0.3 is 4.74 Å². The van der Waals surface area contributed by atoms with Crippen molar-refractivity contribution in [2.45, 2.75) is 0 Å². The lowest BCUT2D eigenvalue weighted by molar-refractivity contribution is 0.0381. The molecule has 1 aromatic carbocycles. The number of esters is 2. The first-order valence-electron chi connectivity index (χ1n) is 3.46. The Labute approximate surface area is 104 Å². The van der Waals surface area contributed by atoms with Crippen LogP contribution in [0.5, 0.6) is 0 Å². The third kappa shape index (κ3) is 1.36. The van der Waals surface area contributed by atoms with E-state index in [1.54, 1.807) is 6.07 Å². The van der Waals surface area contributed by atoms with Gasteiger partial charge in [-0.05, 0) is 53.9 Å². The van der Waals surface area contributed by atoms with E-state index >= 15 is 0 Å². The molecule has 1 aromatic rings. The molecular formula is C8HBr3O3. The van der Waals surface area contributed by atoms with Crippen LogP contribution >= 0.6 is 47.8 Å². The molecule has 0 aliphatic carbocycles. The lowest BCUT2D eigenvalue weighted by atomic mass is 10.1. The average Bonchev–Trinajstić information content (AvgIpc) is 2.09. The zero-order valence-corrected chi connectivity index (χ0v) is 11.2. The molecule has 0 N–H and O–H groups in total. The van der Waals surface area contributed by atoms with Gasteiger partial charge in [-0.1, -0.05) is 0 Å². The predicted octanol–water partition coefficient (Wildman–Crippen LogP) is 3.28. The third-order valence-electron chi connectivity index (χ3n) is 1.77. The molecule has 6 heteroatoms. The highest BCUT2D eigenvalue weighted by Crippen LogP contribution is 2.38. The first-order valence-corrected chi connectivity index (χ1v) is 5.84. The Balaban J connectivity index is 2.87. The highest BCUT2D eigenvalue weighted by molar-refractivity contribution is 9.13. The average molecular weight is 385 g/mol. The van der Waals surface area contributed by atoms with Crippen LogP contribution in [0, 0.1) is 0 Å². The Morgan fingerprint density at radius 3 is 2.29 bits per heavy atom. The summed E-state index contributed by atoms with van der Waals surface area (Å²) in [5.41, 5.74) is 0.670. The molecule has 0 fully saturated rings. The van der Waals surface area contributed by atoms with Crippen molar-refractivity contribution in [2.24, 2.45) is 0 Å². The number of ether oxygens (including phenoxy) is 1. The van der Waals surface area contributed by atoms with Gasteiger partial charge in [0.1, 0.15) is 0 Å². The second-order valence-electron chi connectivity index (χ2n) is 2.59. The van der Waals surface area contributed by atoms with Crippen molar-refractivity contribution in [3.8, 4) is 0 Å². The van der Waals surface area contributed by atoms with Gasteiger partial charge in [0, 0.05) is 13.4 Å². The van der Waals surface area contributed by atoms with Gasteiger partial charge in [0.05, 0.1) is 11.1 Å². The van der Waals surface area contributed by atoms with E-state index in [9.17, 15) is 9.59 Å². The van der Waals surface area contributed by atoms with Gasteiger partial charge in [-0.15, -0.1) is 0 Å². The number of cyclic esters (lactones) is 2. The molecule has 0 unspecified atom stereocenters. The van der Waals surface area contributed by atoms with Crippen LogP contribution in [0.1, 0.15) is 20.7 Å². The second kappa shape index (κ2) is 3.43. The quantitative estimate of drug-likeness (QED) is 0.391. The maximum Gasteiger partial charge on any atom is 0.348 e. The fraction of sp³-hybridized carbons (Fsp3) is 0. The summed E-state index contributed by atoms with van der Waals surface area (Å²) in [7, 11) is 0. The standard InChI is InChI=1S/C8HBr3O3/c9-3-1-2-5(10)4(6(3)11)8(13)14-7(2)12/h1H. The van der Waals surface area contributed by atoms with E-state index in [-0.39, 0.29) is 0 Å². The minimum atomic E-state index is -0.650. The first-order chi connectivity index (χ1) is 6.52. The summed E-state index contributed by atoms with van der Waals surface area (Å²) < 4.78 is 6.21. The zero-order chi connectivity index (χ0) is 10.5. The van der Waals surface area contributed by atoms with Gasteiger partial charge in [-0.3, -0.25) is 0 Å². The van der Waals surface area contributed by atoms with Crippen LogP contribution in [0.4, 0.5) is 0 Å². The molecule has 0 atom stereocenters. The molecule has 2 rings (SSSR count). The van der Waals surface area contributed by atoms with Gasteiger partial charge >= 0.3 is 11.9 Å². The van der Waals surface area contributed by atoms with E-state index in [0.717, 1.165) is 0 Å². The molecule has 14 heavy (non-hydrogen) atoms. The Bertz CT molecular complexity index is 467. The fourth-order valence-corrected chi connectivity index (χ4v) is 2.93. The van der Waals surface area contributed by atoms with Gasteiger partial charge in [-0.25, -0.2) is 9.59 Å². The van der Waals surface area contributed by atoms with Crippen molar-refractivity contribution in [3.05, 3.63) is 30.6 Å². The summed E-state index contributed by atoms with van der Waals surface area (Å²) in [6, 6.07) is 1.59. The van der Waals surface area contributed by atoms with Crippen molar-refractivity contribution in [1.82, 2.24) is 0 Å². The summed E-state index contributed by atoms with van der Waals surface area (Å²) in [6.07, 6.45) is 0. The molecule has 0 amide bonds. The molecule has 1 heterocycles. The Morgan fingerprint density at radius 1 is 1.00 bits per heavy atom. The van der Waals surface area contributed by atoms with Crippen LogP contribution in [-0.2, 0) is 4.74 Å². The van der Waals surface area contributed by atoms with E-state index in [1.807, 2.05) is 0 Å². The summed E-state index contributed by atoms with van der Waals surface area (Å²) in [5, 5.41) is 0. The number of hydrogen-bond donors (Lipinski definition) is 0. The van der Waals surface area contributed by atoms with Crippen molar-refractivity contribution in [2.75, 3.05) is 0 Å². The summed E-state index contributed by atoms with van der Waals surface area (Å²) in [4.78, 5) is 22.6. The number of halogens is 3. The van der Waals surface area contributed by atoms with Crippen LogP contribution in [0.15, 0.2) is 19.5 Å². The molecular weight excluding hydrogens is 384 g/mol. The zero-order valence-electron chi connectivity index (χ0n) is 6.44. The van der Waals surface area contributed by atoms with E-state index in [4.69, 9.17) is 0 Å². The number of carbonyl (C=O) groups excluding carboxylic acids is 2. The van der Waals surface area contributed by atoms with E-state index in [1.165, 1.54) is 0 Å². The van der Waals surface area contributed by atoms with Crippen molar-refractivity contribution < 1.29 is 14.3 Å². The summed E-state index contributed by atoms with van der Waals surface area (Å²) in [5.74, 6) is -1.29. The number of carbonyl (C=O) groups is 2. The highest BCUT2D eigenvalue weighted by atomic mass is 79.9. The molecule has 72 valence electrons. The topological polar surface area (TPSA) is 43.4 Å². The maximum absolute atomic E-state index is 11.3. The first kappa shape index (κ1) is 10.3. The van der Waals surface area contributed by atoms with E-state index in [2.05, 4.69) is 52.5 Å². The fourth-order valence-electron chi connectivity index (χ4n) is 1.12. The molecule has 2 bridgehead atoms. The number of fused-ring (bicyclic) bond motifs is 2. The van der Waals surface area contributed by atoms with Gasteiger partial charge in [0.15, 0.2) is 0 Å². The summed E-state index contributed by atoms with van der Waals surface area (Å²) in [6.45, 7) is 0. The molecule has 0 saturated carbocycles. The van der Waals surface area contributed by atoms with Gasteiger partial charge in [-0.2, -0.15) is 0 Å². The van der Waals surface area contributed by atoms with Crippen LogP contribution in [0.25, 0.3) is 0 Å². The highest BCUT2D eigenvalue weighted by Gasteiger charge is 2.31. The normalized spacial score (nSPS) is 14.2. The third-order valence-corrected chi connectivity index (χ3v) is 4.57. The van der Waals surface area contributed by atoms with Gasteiger partial charge in [0.25, 0.3) is 0 Å². The molecule has 0 saturated heterocycles. The summed E-state index contributed by atoms with van der Waals surface area (Å²) >= 11 is 9.65. The van der Waals surface area contributed by atoms with Crippen LogP contribution in [-0.4, -0.2) is 11.9 Å². The molecule has 0 aromatic heterocycles. The SMILES string of the molecule is O=C1OC(=O)c2c(Br)c(Br)cc1c2Br. The van der Waals surface area contributed by atoms with Crippen LogP contribution in [0.3, 0.4) is 0 Å². The molecule has 1 aliphatic heterocycles. The molecule has 0 spiro atoms. The van der Waals surface area contributed by atoms with Crippen molar-refractivity contribution in [3.63, 3.8) is 0 Å². The van der Waals surface area contributed by atoms with E-state index < -0.39 is 11.9 Å². The molecule has 3 nitrogen and oxygen atoms in total. The monoisotopic (exact) mass is 382 g/mol. The lowest BCUT2D eigenvalue weighted by Crippen LogP contribution is -2.21. The van der Waals surface area contributed by atoms with Crippen LogP contribution in [0.2, 0.25) is 0 Å². The Kier molecular flexibility index (Phi) is 2.53. The Morgan fingerprint density at radius 2 is 1.64 bits per heavy atom.